The number of thiocarbonyl (C=S) groups is 1. The second kappa shape index (κ2) is 7.61. The SMILES string of the molecule is Cc1cc2nn(CC(C)(C#N)NC(=S)c3ccc(C(F)(F)F)cc3)nc2cc1Cl. The van der Waals surface area contributed by atoms with Crippen LogP contribution in [0.25, 0.3) is 11.0 Å². The molecule has 0 saturated heterocycles. The van der Waals surface area contributed by atoms with Crippen molar-refractivity contribution < 1.29 is 13.2 Å². The van der Waals surface area contributed by atoms with Crippen LogP contribution in [0.3, 0.4) is 0 Å². The number of nitrogens with zero attached hydrogens (tertiary/aromatic N) is 4. The highest BCUT2D eigenvalue weighted by Crippen LogP contribution is 2.29. The Labute approximate surface area is 175 Å². The maximum Gasteiger partial charge on any atom is 0.416 e. The van der Waals surface area contributed by atoms with E-state index in [9.17, 15) is 18.4 Å². The molecule has 1 heterocycles. The number of aryl methyl sites for hydroxylation is 1. The van der Waals surface area contributed by atoms with Crippen LogP contribution in [0.1, 0.15) is 23.6 Å². The second-order valence-corrected chi connectivity index (χ2v) is 7.61. The van der Waals surface area contributed by atoms with Crippen LogP contribution in [0.2, 0.25) is 5.02 Å². The van der Waals surface area contributed by atoms with Gasteiger partial charge >= 0.3 is 6.18 Å². The lowest BCUT2D eigenvalue weighted by atomic mass is 10.0. The highest BCUT2D eigenvalue weighted by molar-refractivity contribution is 7.80. The molecule has 1 unspecified atom stereocenters. The van der Waals surface area contributed by atoms with Gasteiger partial charge in [0.05, 0.1) is 18.2 Å². The molecule has 29 heavy (non-hydrogen) atoms. The summed E-state index contributed by atoms with van der Waals surface area (Å²) in [6, 6.07) is 10.0. The largest absolute Gasteiger partial charge is 0.416 e. The summed E-state index contributed by atoms with van der Waals surface area (Å²) in [5.74, 6) is 0. The van der Waals surface area contributed by atoms with Crippen molar-refractivity contribution in [3.63, 3.8) is 0 Å². The van der Waals surface area contributed by atoms with Gasteiger partial charge in [0.25, 0.3) is 0 Å². The second-order valence-electron chi connectivity index (χ2n) is 6.79. The zero-order valence-corrected chi connectivity index (χ0v) is 17.0. The van der Waals surface area contributed by atoms with Gasteiger partial charge in [0.1, 0.15) is 21.6 Å². The van der Waals surface area contributed by atoms with Gasteiger partial charge in [-0.25, -0.2) is 0 Å². The predicted molar refractivity (Wildman–Crippen MR) is 108 cm³/mol. The Balaban J connectivity index is 1.79. The number of halogens is 4. The van der Waals surface area contributed by atoms with Gasteiger partial charge in [0.2, 0.25) is 0 Å². The third-order valence-electron chi connectivity index (χ3n) is 4.27. The number of benzene rings is 2. The zero-order valence-electron chi connectivity index (χ0n) is 15.4. The first-order valence-corrected chi connectivity index (χ1v) is 9.21. The number of hydrogen-bond acceptors (Lipinski definition) is 4. The van der Waals surface area contributed by atoms with Crippen molar-refractivity contribution in [1.29, 1.82) is 5.26 Å². The van der Waals surface area contributed by atoms with Gasteiger partial charge in [-0.1, -0.05) is 36.0 Å². The number of hydrogen-bond donors (Lipinski definition) is 1. The molecule has 0 amide bonds. The Kier molecular flexibility index (Phi) is 5.52. The summed E-state index contributed by atoms with van der Waals surface area (Å²) in [6.07, 6.45) is -4.43. The highest BCUT2D eigenvalue weighted by atomic mass is 35.5. The van der Waals surface area contributed by atoms with Crippen LogP contribution >= 0.6 is 23.8 Å². The molecule has 0 fully saturated rings. The van der Waals surface area contributed by atoms with Gasteiger partial charge in [-0.3, -0.25) is 0 Å². The van der Waals surface area contributed by atoms with Crippen molar-refractivity contribution in [2.45, 2.75) is 32.1 Å². The Bertz CT molecular complexity index is 1080. The van der Waals surface area contributed by atoms with E-state index in [0.717, 1.165) is 17.7 Å². The molecule has 1 aromatic heterocycles. The summed E-state index contributed by atoms with van der Waals surface area (Å²) in [5.41, 5.74) is 0.497. The van der Waals surface area contributed by atoms with Crippen LogP contribution in [-0.2, 0) is 12.7 Å². The number of rotatable bonds is 4. The molecular weight excluding hydrogens is 423 g/mol. The van der Waals surface area contributed by atoms with Crippen molar-refractivity contribution in [2.24, 2.45) is 0 Å². The monoisotopic (exact) mass is 437 g/mol. The average Bonchev–Trinajstić information content (AvgIpc) is 3.01. The quantitative estimate of drug-likeness (QED) is 0.601. The normalized spacial score (nSPS) is 13.7. The van der Waals surface area contributed by atoms with Gasteiger partial charge in [-0.2, -0.15) is 33.4 Å². The number of nitriles is 1. The minimum Gasteiger partial charge on any atom is -0.357 e. The minimum absolute atomic E-state index is 0.0651. The van der Waals surface area contributed by atoms with Crippen LogP contribution in [0, 0.1) is 18.3 Å². The molecule has 1 N–H and O–H groups in total. The fourth-order valence-electron chi connectivity index (χ4n) is 2.68. The third kappa shape index (κ3) is 4.66. The van der Waals surface area contributed by atoms with Crippen molar-refractivity contribution in [1.82, 2.24) is 20.3 Å². The predicted octanol–water partition coefficient (Wildman–Crippen LogP) is 4.66. The van der Waals surface area contributed by atoms with Crippen molar-refractivity contribution in [2.75, 3.05) is 0 Å². The molecule has 10 heteroatoms. The lowest BCUT2D eigenvalue weighted by Gasteiger charge is -2.24. The average molecular weight is 438 g/mol. The molecule has 150 valence electrons. The fraction of sp³-hybridized carbons (Fsp3) is 0.263. The first-order valence-electron chi connectivity index (χ1n) is 8.43. The van der Waals surface area contributed by atoms with Crippen LogP contribution in [-0.4, -0.2) is 25.5 Å². The molecule has 0 aliphatic rings. The molecule has 0 radical (unpaired) electrons. The molecule has 3 aromatic rings. The summed E-state index contributed by atoms with van der Waals surface area (Å²) >= 11 is 11.4. The molecule has 2 aromatic carbocycles. The molecule has 3 rings (SSSR count). The van der Waals surface area contributed by atoms with E-state index in [1.807, 2.05) is 6.92 Å². The van der Waals surface area contributed by atoms with Gasteiger partial charge in [-0.15, -0.1) is 0 Å². The van der Waals surface area contributed by atoms with E-state index in [0.29, 0.717) is 21.6 Å². The van der Waals surface area contributed by atoms with Crippen molar-refractivity contribution in [3.05, 3.63) is 58.1 Å². The molecule has 0 saturated carbocycles. The van der Waals surface area contributed by atoms with E-state index >= 15 is 0 Å². The standard InChI is InChI=1S/C19H15ClF3N5S/c1-11-7-15-16(8-14(11)20)27-28(26-15)10-18(2,9-24)25-17(29)12-3-5-13(6-4-12)19(21,22)23/h3-8H,10H2,1-2H3,(H,25,29). The molecule has 0 spiro atoms. The van der Waals surface area contributed by atoms with E-state index in [2.05, 4.69) is 21.6 Å². The number of nitrogens with one attached hydrogen (secondary N) is 1. The van der Waals surface area contributed by atoms with E-state index in [4.69, 9.17) is 23.8 Å². The fourth-order valence-corrected chi connectivity index (χ4v) is 3.20. The maximum atomic E-state index is 12.7. The Morgan fingerprint density at radius 3 is 2.34 bits per heavy atom. The van der Waals surface area contributed by atoms with Gasteiger partial charge in [-0.05, 0) is 43.7 Å². The summed E-state index contributed by atoms with van der Waals surface area (Å²) in [5, 5.41) is 21.8. The first-order chi connectivity index (χ1) is 13.5. The van der Waals surface area contributed by atoms with Crippen LogP contribution in [0.5, 0.6) is 0 Å². The molecule has 5 nitrogen and oxygen atoms in total. The van der Waals surface area contributed by atoms with Crippen LogP contribution < -0.4 is 5.32 Å². The molecule has 1 atom stereocenters. The summed E-state index contributed by atoms with van der Waals surface area (Å²) in [4.78, 5) is 1.52. The van der Waals surface area contributed by atoms with E-state index in [1.165, 1.54) is 16.9 Å². The summed E-state index contributed by atoms with van der Waals surface area (Å²) in [6.45, 7) is 3.52. The highest BCUT2D eigenvalue weighted by Gasteiger charge is 2.31. The molecule has 0 aliphatic heterocycles. The topological polar surface area (TPSA) is 66.5 Å². The smallest absolute Gasteiger partial charge is 0.357 e. The van der Waals surface area contributed by atoms with E-state index in [1.54, 1.807) is 19.1 Å². The molecule has 0 aliphatic carbocycles. The Hall–Kier alpha value is -2.70. The maximum absolute atomic E-state index is 12.7. The number of fused-ring (bicyclic) bond motifs is 1. The summed E-state index contributed by atoms with van der Waals surface area (Å²) < 4.78 is 38.1. The van der Waals surface area contributed by atoms with Gasteiger partial charge in [0.15, 0.2) is 0 Å². The van der Waals surface area contributed by atoms with E-state index in [-0.39, 0.29) is 11.5 Å². The minimum atomic E-state index is -4.43. The zero-order chi connectivity index (χ0) is 21.4. The van der Waals surface area contributed by atoms with Gasteiger partial charge in [0, 0.05) is 10.6 Å². The molecule has 0 bridgehead atoms. The number of alkyl halides is 3. The summed E-state index contributed by atoms with van der Waals surface area (Å²) in [7, 11) is 0. The Morgan fingerprint density at radius 1 is 1.21 bits per heavy atom. The molecular formula is C19H15ClF3N5S. The van der Waals surface area contributed by atoms with Gasteiger partial charge < -0.3 is 5.32 Å². The lowest BCUT2D eigenvalue weighted by Crippen LogP contribution is -2.48. The van der Waals surface area contributed by atoms with Crippen LogP contribution in [0.15, 0.2) is 36.4 Å². The Morgan fingerprint density at radius 2 is 1.79 bits per heavy atom. The van der Waals surface area contributed by atoms with E-state index < -0.39 is 17.3 Å². The third-order valence-corrected chi connectivity index (χ3v) is 5.02. The van der Waals surface area contributed by atoms with Crippen molar-refractivity contribution in [3.8, 4) is 6.07 Å². The lowest BCUT2D eigenvalue weighted by molar-refractivity contribution is -0.137. The number of aromatic nitrogens is 3. The first kappa shape index (κ1) is 21.0. The van der Waals surface area contributed by atoms with Crippen molar-refractivity contribution >= 4 is 39.8 Å². The van der Waals surface area contributed by atoms with Crippen LogP contribution in [0.4, 0.5) is 13.2 Å².